The summed E-state index contributed by atoms with van der Waals surface area (Å²) >= 11 is 3.75. The van der Waals surface area contributed by atoms with E-state index < -0.39 is 0 Å². The number of unbranched alkanes of at least 4 members (excludes halogenated alkanes) is 14. The molecule has 0 saturated carbocycles. The topological polar surface area (TPSA) is 16.1 Å². The lowest BCUT2D eigenvalue weighted by molar-refractivity contribution is 0.423. The van der Waals surface area contributed by atoms with Crippen molar-refractivity contribution in [1.82, 2.24) is 9.29 Å². The SMILES string of the molecule is CCCCCCCCCCN(CCCCCCCCCC)Sc1nc2ccccc2s1. The number of nitrogens with zero attached hydrogens (tertiary/aromatic N) is 2. The molecule has 0 radical (unpaired) electrons. The minimum Gasteiger partial charge on any atom is -0.244 e. The van der Waals surface area contributed by atoms with E-state index in [9.17, 15) is 0 Å². The standard InChI is InChI=1S/C27H46N2S2/c1-3-5-7-9-11-13-15-19-23-29(24-20-16-14-12-10-8-6-4-2)31-27-28-25-21-17-18-22-26(25)30-27/h17-18,21-22H,3-16,19-20,23-24H2,1-2H3. The molecule has 1 heterocycles. The Kier molecular flexibility index (Phi) is 15.4. The summed E-state index contributed by atoms with van der Waals surface area (Å²) in [5.74, 6) is 0. The van der Waals surface area contributed by atoms with Crippen molar-refractivity contribution in [2.24, 2.45) is 0 Å². The Morgan fingerprint density at radius 1 is 0.677 bits per heavy atom. The van der Waals surface area contributed by atoms with E-state index in [1.165, 1.54) is 125 Å². The van der Waals surface area contributed by atoms with E-state index >= 15 is 0 Å². The minimum atomic E-state index is 1.15. The number of thiazole rings is 1. The van der Waals surface area contributed by atoms with Gasteiger partial charge in [-0.2, -0.15) is 0 Å². The van der Waals surface area contributed by atoms with Crippen molar-refractivity contribution in [3.05, 3.63) is 24.3 Å². The largest absolute Gasteiger partial charge is 0.244 e. The summed E-state index contributed by atoms with van der Waals surface area (Å²) in [6.45, 7) is 6.99. The number of rotatable bonds is 20. The average Bonchev–Trinajstić information content (AvgIpc) is 3.19. The average molecular weight is 463 g/mol. The number of benzene rings is 1. The highest BCUT2D eigenvalue weighted by Gasteiger charge is 2.11. The third-order valence-electron chi connectivity index (χ3n) is 6.00. The molecule has 4 heteroatoms. The first-order valence-electron chi connectivity index (χ1n) is 13.1. The lowest BCUT2D eigenvalue weighted by atomic mass is 10.1. The van der Waals surface area contributed by atoms with Crippen LogP contribution in [-0.4, -0.2) is 22.4 Å². The highest BCUT2D eigenvalue weighted by molar-refractivity contribution is 7.98. The third kappa shape index (κ3) is 12.3. The molecule has 176 valence electrons. The van der Waals surface area contributed by atoms with Gasteiger partial charge in [0.1, 0.15) is 0 Å². The molecule has 2 rings (SSSR count). The zero-order valence-electron chi connectivity index (χ0n) is 20.2. The predicted octanol–water partition coefficient (Wildman–Crippen LogP) is 9.89. The second kappa shape index (κ2) is 17.9. The molecule has 0 N–H and O–H groups in total. The van der Waals surface area contributed by atoms with Crippen LogP contribution in [0.1, 0.15) is 117 Å². The number of para-hydroxylation sites is 1. The lowest BCUT2D eigenvalue weighted by Crippen LogP contribution is -2.18. The van der Waals surface area contributed by atoms with Crippen LogP contribution in [0.5, 0.6) is 0 Å². The smallest absolute Gasteiger partial charge is 0.166 e. The van der Waals surface area contributed by atoms with Gasteiger partial charge in [-0.15, -0.1) is 11.3 Å². The van der Waals surface area contributed by atoms with Crippen LogP contribution in [-0.2, 0) is 0 Å². The molecule has 2 aromatic rings. The summed E-state index contributed by atoms with van der Waals surface area (Å²) in [4.78, 5) is 4.86. The Labute approximate surface area is 200 Å². The number of hydrogen-bond acceptors (Lipinski definition) is 4. The molecule has 0 aliphatic heterocycles. The van der Waals surface area contributed by atoms with E-state index in [0.29, 0.717) is 0 Å². The number of hydrogen-bond donors (Lipinski definition) is 0. The third-order valence-corrected chi connectivity index (χ3v) is 8.18. The van der Waals surface area contributed by atoms with Crippen molar-refractivity contribution in [2.75, 3.05) is 13.1 Å². The van der Waals surface area contributed by atoms with Gasteiger partial charge < -0.3 is 0 Å². The highest BCUT2D eigenvalue weighted by Crippen LogP contribution is 2.32. The van der Waals surface area contributed by atoms with Gasteiger partial charge in [0.05, 0.1) is 10.2 Å². The van der Waals surface area contributed by atoms with Gasteiger partial charge >= 0.3 is 0 Å². The van der Waals surface area contributed by atoms with E-state index in [1.807, 2.05) is 23.3 Å². The maximum atomic E-state index is 4.86. The van der Waals surface area contributed by atoms with Crippen LogP contribution >= 0.6 is 23.3 Å². The molecule has 0 amide bonds. The van der Waals surface area contributed by atoms with Gasteiger partial charge in [0.25, 0.3) is 0 Å². The summed E-state index contributed by atoms with van der Waals surface area (Å²) in [5.41, 5.74) is 1.15. The first-order chi connectivity index (χ1) is 15.3. The van der Waals surface area contributed by atoms with E-state index in [1.54, 1.807) is 0 Å². The van der Waals surface area contributed by atoms with E-state index in [0.717, 1.165) is 5.52 Å². The Morgan fingerprint density at radius 2 is 1.16 bits per heavy atom. The Morgan fingerprint density at radius 3 is 1.68 bits per heavy atom. The van der Waals surface area contributed by atoms with Crippen LogP contribution < -0.4 is 0 Å². The monoisotopic (exact) mass is 462 g/mol. The van der Waals surface area contributed by atoms with E-state index in [-0.39, 0.29) is 0 Å². The Bertz CT molecular complexity index is 617. The molecule has 1 aromatic carbocycles. The number of aromatic nitrogens is 1. The van der Waals surface area contributed by atoms with Gasteiger partial charge in [0.15, 0.2) is 4.34 Å². The van der Waals surface area contributed by atoms with E-state index in [4.69, 9.17) is 4.98 Å². The zero-order chi connectivity index (χ0) is 22.0. The molecule has 31 heavy (non-hydrogen) atoms. The van der Waals surface area contributed by atoms with Gasteiger partial charge in [0, 0.05) is 13.1 Å². The summed E-state index contributed by atoms with van der Waals surface area (Å²) in [6, 6.07) is 8.54. The molecule has 0 aliphatic rings. The van der Waals surface area contributed by atoms with Gasteiger partial charge in [-0.25, -0.2) is 9.29 Å². The highest BCUT2D eigenvalue weighted by atomic mass is 32.2. The summed E-state index contributed by atoms with van der Waals surface area (Å²) < 4.78 is 5.12. The van der Waals surface area contributed by atoms with Crippen molar-refractivity contribution < 1.29 is 0 Å². The molecule has 1 aromatic heterocycles. The molecule has 0 unspecified atom stereocenters. The zero-order valence-corrected chi connectivity index (χ0v) is 21.9. The first kappa shape index (κ1) is 26.7. The Hall–Kier alpha value is -0.580. The maximum Gasteiger partial charge on any atom is 0.166 e. The molecular weight excluding hydrogens is 416 g/mol. The first-order valence-corrected chi connectivity index (χ1v) is 14.7. The van der Waals surface area contributed by atoms with Gasteiger partial charge in [-0.05, 0) is 36.9 Å². The summed E-state index contributed by atoms with van der Waals surface area (Å²) in [7, 11) is 0. The fourth-order valence-electron chi connectivity index (χ4n) is 4.05. The molecule has 0 saturated heterocycles. The van der Waals surface area contributed by atoms with Crippen molar-refractivity contribution in [3.8, 4) is 0 Å². The lowest BCUT2D eigenvalue weighted by Gasteiger charge is -2.19. The molecular formula is C27H46N2S2. The van der Waals surface area contributed by atoms with Crippen LogP contribution in [0.15, 0.2) is 28.6 Å². The van der Waals surface area contributed by atoms with Crippen molar-refractivity contribution in [1.29, 1.82) is 0 Å². The normalized spacial score (nSPS) is 11.7. The molecule has 0 fully saturated rings. The van der Waals surface area contributed by atoms with Crippen molar-refractivity contribution in [3.63, 3.8) is 0 Å². The number of fused-ring (bicyclic) bond motifs is 1. The van der Waals surface area contributed by atoms with Gasteiger partial charge in [-0.3, -0.25) is 0 Å². The van der Waals surface area contributed by atoms with Crippen LogP contribution in [0.4, 0.5) is 0 Å². The maximum absolute atomic E-state index is 4.86. The Balaban J connectivity index is 1.70. The molecule has 0 spiro atoms. The molecule has 0 aliphatic carbocycles. The van der Waals surface area contributed by atoms with Crippen LogP contribution in [0.2, 0.25) is 0 Å². The van der Waals surface area contributed by atoms with Crippen LogP contribution in [0.3, 0.4) is 0 Å². The van der Waals surface area contributed by atoms with Gasteiger partial charge in [0.2, 0.25) is 0 Å². The van der Waals surface area contributed by atoms with E-state index in [2.05, 4.69) is 42.4 Å². The van der Waals surface area contributed by atoms with Crippen LogP contribution in [0.25, 0.3) is 10.2 Å². The van der Waals surface area contributed by atoms with Crippen molar-refractivity contribution >= 4 is 33.5 Å². The molecule has 2 nitrogen and oxygen atoms in total. The second-order valence-electron chi connectivity index (χ2n) is 8.92. The van der Waals surface area contributed by atoms with Crippen LogP contribution in [0, 0.1) is 0 Å². The molecule has 0 bridgehead atoms. The summed E-state index contributed by atoms with van der Waals surface area (Å²) in [5, 5.41) is 0. The van der Waals surface area contributed by atoms with Crippen molar-refractivity contribution in [2.45, 2.75) is 121 Å². The fraction of sp³-hybridized carbons (Fsp3) is 0.741. The second-order valence-corrected chi connectivity index (χ2v) is 11.3. The minimum absolute atomic E-state index is 1.15. The van der Waals surface area contributed by atoms with Gasteiger partial charge in [-0.1, -0.05) is 116 Å². The molecule has 0 atom stereocenters. The fourth-order valence-corrected chi connectivity index (χ4v) is 6.28. The predicted molar refractivity (Wildman–Crippen MR) is 142 cm³/mol. The summed E-state index contributed by atoms with van der Waals surface area (Å²) in [6.07, 6.45) is 22.2. The quantitative estimate of drug-likeness (QED) is 0.144.